The average molecular weight is 393 g/mol. The number of halogens is 1. The molecule has 2 amide bonds. The quantitative estimate of drug-likeness (QED) is 0.718. The molecule has 1 saturated heterocycles. The highest BCUT2D eigenvalue weighted by Gasteiger charge is 2.25. The van der Waals surface area contributed by atoms with Crippen molar-refractivity contribution in [2.75, 3.05) is 26.2 Å². The number of benzene rings is 2. The summed E-state index contributed by atoms with van der Waals surface area (Å²) in [5, 5.41) is 1.05. The zero-order valence-electron chi connectivity index (χ0n) is 16.7. The first-order valence-corrected chi connectivity index (χ1v) is 9.87. The third-order valence-corrected chi connectivity index (χ3v) is 5.49. The molecule has 0 unspecified atom stereocenters. The van der Waals surface area contributed by atoms with Gasteiger partial charge in [-0.25, -0.2) is 4.39 Å². The molecule has 2 heterocycles. The van der Waals surface area contributed by atoms with E-state index in [0.717, 1.165) is 22.0 Å². The highest BCUT2D eigenvalue weighted by molar-refractivity contribution is 5.99. The van der Waals surface area contributed by atoms with Gasteiger partial charge in [0.25, 0.3) is 11.8 Å². The molecule has 1 aliphatic heterocycles. The Hall–Kier alpha value is -3.15. The van der Waals surface area contributed by atoms with Crippen LogP contribution in [0.25, 0.3) is 10.9 Å². The van der Waals surface area contributed by atoms with Crippen molar-refractivity contribution in [2.45, 2.75) is 20.3 Å². The molecule has 0 aliphatic carbocycles. The van der Waals surface area contributed by atoms with Crippen molar-refractivity contribution < 1.29 is 14.0 Å². The van der Waals surface area contributed by atoms with E-state index in [-0.39, 0.29) is 17.4 Å². The number of aromatic nitrogens is 1. The maximum Gasteiger partial charge on any atom is 0.270 e. The van der Waals surface area contributed by atoms with Crippen LogP contribution in [0.2, 0.25) is 0 Å². The number of carbonyl (C=O) groups excluding carboxylic acids is 2. The molecule has 0 radical (unpaired) electrons. The Morgan fingerprint density at radius 2 is 1.62 bits per heavy atom. The molecule has 0 spiro atoms. The van der Waals surface area contributed by atoms with Crippen LogP contribution in [0, 0.1) is 19.7 Å². The molecule has 3 aromatic rings. The minimum absolute atomic E-state index is 0.0709. The van der Waals surface area contributed by atoms with Crippen LogP contribution in [0.15, 0.2) is 42.5 Å². The van der Waals surface area contributed by atoms with Gasteiger partial charge in [-0.1, -0.05) is 18.2 Å². The molecule has 1 fully saturated rings. The minimum atomic E-state index is -0.515. The van der Waals surface area contributed by atoms with Crippen molar-refractivity contribution in [3.63, 3.8) is 0 Å². The van der Waals surface area contributed by atoms with Gasteiger partial charge in [0.1, 0.15) is 11.5 Å². The van der Waals surface area contributed by atoms with Crippen LogP contribution < -0.4 is 0 Å². The highest BCUT2D eigenvalue weighted by atomic mass is 19.1. The van der Waals surface area contributed by atoms with Crippen LogP contribution in [0.3, 0.4) is 0 Å². The number of nitrogens with one attached hydrogen (secondary N) is 1. The maximum absolute atomic E-state index is 14.0. The van der Waals surface area contributed by atoms with Crippen LogP contribution >= 0.6 is 0 Å². The largest absolute Gasteiger partial charge is 0.351 e. The molecule has 4 rings (SSSR count). The number of hydrogen-bond donors (Lipinski definition) is 1. The number of rotatable bonds is 2. The summed E-state index contributed by atoms with van der Waals surface area (Å²) in [5.41, 5.74) is 3.87. The van der Waals surface area contributed by atoms with E-state index in [2.05, 4.69) is 11.1 Å². The number of carbonyl (C=O) groups is 2. The summed E-state index contributed by atoms with van der Waals surface area (Å²) in [7, 11) is 0. The van der Waals surface area contributed by atoms with Crippen molar-refractivity contribution >= 4 is 22.7 Å². The molecule has 29 heavy (non-hydrogen) atoms. The fourth-order valence-corrected chi connectivity index (χ4v) is 4.01. The Morgan fingerprint density at radius 1 is 0.931 bits per heavy atom. The molecule has 6 heteroatoms. The van der Waals surface area contributed by atoms with E-state index in [1.807, 2.05) is 26.0 Å². The first kappa shape index (κ1) is 19.2. The number of nitrogens with zero attached hydrogens (tertiary/aromatic N) is 2. The first-order chi connectivity index (χ1) is 13.9. The molecule has 0 atom stereocenters. The second-order valence-electron chi connectivity index (χ2n) is 7.64. The lowest BCUT2D eigenvalue weighted by Gasteiger charge is -2.22. The van der Waals surface area contributed by atoms with Gasteiger partial charge in [-0.3, -0.25) is 9.59 Å². The Bertz CT molecular complexity index is 1090. The molecule has 1 N–H and O–H groups in total. The summed E-state index contributed by atoms with van der Waals surface area (Å²) in [5.74, 6) is -0.911. The lowest BCUT2D eigenvalue weighted by molar-refractivity contribution is 0.0714. The number of H-pyrrole nitrogens is 1. The van der Waals surface area contributed by atoms with Gasteiger partial charge >= 0.3 is 0 Å². The lowest BCUT2D eigenvalue weighted by atomic mass is 10.1. The number of fused-ring (bicyclic) bond motifs is 1. The van der Waals surface area contributed by atoms with Gasteiger partial charge in [-0.05, 0) is 55.7 Å². The lowest BCUT2D eigenvalue weighted by Crippen LogP contribution is -2.37. The smallest absolute Gasteiger partial charge is 0.270 e. The summed E-state index contributed by atoms with van der Waals surface area (Å²) in [4.78, 5) is 32.4. The van der Waals surface area contributed by atoms with Gasteiger partial charge in [0.15, 0.2) is 0 Å². The fourth-order valence-electron chi connectivity index (χ4n) is 4.01. The van der Waals surface area contributed by atoms with Gasteiger partial charge < -0.3 is 14.8 Å². The van der Waals surface area contributed by atoms with Gasteiger partial charge in [-0.15, -0.1) is 0 Å². The van der Waals surface area contributed by atoms with Gasteiger partial charge in [0.05, 0.1) is 5.56 Å². The van der Waals surface area contributed by atoms with Crippen molar-refractivity contribution in [3.05, 3.63) is 70.7 Å². The molecular weight excluding hydrogens is 369 g/mol. The normalized spacial score (nSPS) is 14.9. The second-order valence-corrected chi connectivity index (χ2v) is 7.64. The topological polar surface area (TPSA) is 56.4 Å². The zero-order valence-corrected chi connectivity index (χ0v) is 16.7. The fraction of sp³-hybridized carbons (Fsp3) is 0.304. The van der Waals surface area contributed by atoms with Crippen LogP contribution in [0.5, 0.6) is 0 Å². The Morgan fingerprint density at radius 3 is 2.34 bits per heavy atom. The average Bonchev–Trinajstić information content (AvgIpc) is 2.97. The predicted molar refractivity (Wildman–Crippen MR) is 111 cm³/mol. The van der Waals surface area contributed by atoms with E-state index >= 15 is 0 Å². The zero-order chi connectivity index (χ0) is 20.5. The minimum Gasteiger partial charge on any atom is -0.351 e. The van der Waals surface area contributed by atoms with Crippen LogP contribution in [0.1, 0.15) is 38.4 Å². The van der Waals surface area contributed by atoms with Crippen molar-refractivity contribution in [1.82, 2.24) is 14.8 Å². The molecule has 1 aliphatic rings. The third-order valence-electron chi connectivity index (χ3n) is 5.49. The summed E-state index contributed by atoms with van der Waals surface area (Å²) in [6, 6.07) is 12.1. The van der Waals surface area contributed by atoms with E-state index in [4.69, 9.17) is 0 Å². The van der Waals surface area contributed by atoms with Gasteiger partial charge in [0.2, 0.25) is 0 Å². The van der Waals surface area contributed by atoms with E-state index in [0.29, 0.717) is 38.3 Å². The van der Waals surface area contributed by atoms with Crippen molar-refractivity contribution in [3.8, 4) is 0 Å². The van der Waals surface area contributed by atoms with E-state index in [1.165, 1.54) is 12.1 Å². The summed E-state index contributed by atoms with van der Waals surface area (Å²) < 4.78 is 14.0. The molecule has 2 aromatic carbocycles. The van der Waals surface area contributed by atoms with Crippen LogP contribution in [-0.2, 0) is 0 Å². The SMILES string of the molecule is Cc1cc(C)c2cc(C(=O)N3CCCN(C(=O)c4ccccc4F)CC3)[nH]c2c1. The van der Waals surface area contributed by atoms with Crippen LogP contribution in [-0.4, -0.2) is 52.8 Å². The van der Waals surface area contributed by atoms with E-state index in [1.54, 1.807) is 21.9 Å². The molecule has 150 valence electrons. The molecular formula is C23H24FN3O2. The van der Waals surface area contributed by atoms with Crippen molar-refractivity contribution in [1.29, 1.82) is 0 Å². The van der Waals surface area contributed by atoms with Crippen molar-refractivity contribution in [2.24, 2.45) is 0 Å². The number of aromatic amines is 1. The Labute approximate surface area is 169 Å². The number of amides is 2. The standard InChI is InChI=1S/C23H24FN3O2/c1-15-12-16(2)18-14-21(25-20(18)13-15)23(29)27-9-5-8-26(10-11-27)22(28)17-6-3-4-7-19(17)24/h3-4,6-7,12-14,25H,5,8-11H2,1-2H3. The third kappa shape index (κ3) is 3.75. The summed E-state index contributed by atoms with van der Waals surface area (Å²) in [6.45, 7) is 5.94. The predicted octanol–water partition coefficient (Wildman–Crippen LogP) is 3.91. The molecule has 5 nitrogen and oxygen atoms in total. The Kier molecular flexibility index (Phi) is 5.09. The first-order valence-electron chi connectivity index (χ1n) is 9.87. The summed E-state index contributed by atoms with van der Waals surface area (Å²) >= 11 is 0. The number of hydrogen-bond acceptors (Lipinski definition) is 2. The second kappa shape index (κ2) is 7.70. The van der Waals surface area contributed by atoms with Crippen LogP contribution in [0.4, 0.5) is 4.39 Å². The maximum atomic E-state index is 14.0. The van der Waals surface area contributed by atoms with Gasteiger partial charge in [-0.2, -0.15) is 0 Å². The Balaban J connectivity index is 1.50. The van der Waals surface area contributed by atoms with Gasteiger partial charge in [0, 0.05) is 37.1 Å². The molecule has 0 saturated carbocycles. The van der Waals surface area contributed by atoms with E-state index in [9.17, 15) is 14.0 Å². The monoisotopic (exact) mass is 393 g/mol. The number of aryl methyl sites for hydroxylation is 2. The molecule has 1 aromatic heterocycles. The van der Waals surface area contributed by atoms with E-state index < -0.39 is 5.82 Å². The molecule has 0 bridgehead atoms. The highest BCUT2D eigenvalue weighted by Crippen LogP contribution is 2.23. The summed E-state index contributed by atoms with van der Waals surface area (Å²) in [6.07, 6.45) is 0.657.